The van der Waals surface area contributed by atoms with Gasteiger partial charge >= 0.3 is 0 Å². The molecule has 0 aromatic heterocycles. The maximum atomic E-state index is 10.8. The summed E-state index contributed by atoms with van der Waals surface area (Å²) in [5.74, 6) is 1.40. The molecule has 0 radical (unpaired) electrons. The zero-order chi connectivity index (χ0) is 13.2. The van der Waals surface area contributed by atoms with Crippen LogP contribution in [0.25, 0.3) is 0 Å². The van der Waals surface area contributed by atoms with Crippen molar-refractivity contribution in [3.63, 3.8) is 0 Å². The second-order valence-electron chi connectivity index (χ2n) is 4.94. The second-order valence-corrected chi connectivity index (χ2v) is 4.94. The Bertz CT molecular complexity index is 412. The molecule has 1 aromatic carbocycles. The topological polar surface area (TPSA) is 64.7 Å². The third kappa shape index (κ3) is 2.44. The van der Waals surface area contributed by atoms with Crippen LogP contribution in [0, 0.1) is 0 Å². The van der Waals surface area contributed by atoms with Gasteiger partial charge in [0.1, 0.15) is 11.5 Å². The molecule has 1 aliphatic carbocycles. The fourth-order valence-corrected chi connectivity index (χ4v) is 2.57. The van der Waals surface area contributed by atoms with Crippen molar-refractivity contribution >= 4 is 0 Å². The highest BCUT2D eigenvalue weighted by molar-refractivity contribution is 5.44. The van der Waals surface area contributed by atoms with Gasteiger partial charge in [-0.3, -0.25) is 0 Å². The Balaban J connectivity index is 2.32. The highest BCUT2D eigenvalue weighted by Gasteiger charge is 2.36. The van der Waals surface area contributed by atoms with Crippen molar-refractivity contribution < 1.29 is 14.6 Å². The standard InChI is InChI=1S/C14H21NO3/c1-17-11-3-4-12(13(9-11)18-2)14(16)7-5-10(15)6-8-14/h3-4,9-10,16H,5-8,15H2,1-2H3. The Kier molecular flexibility index (Phi) is 3.78. The summed E-state index contributed by atoms with van der Waals surface area (Å²) >= 11 is 0. The predicted molar refractivity (Wildman–Crippen MR) is 69.9 cm³/mol. The van der Waals surface area contributed by atoms with E-state index in [-0.39, 0.29) is 6.04 Å². The van der Waals surface area contributed by atoms with Gasteiger partial charge in [0.15, 0.2) is 0 Å². The monoisotopic (exact) mass is 251 g/mol. The minimum absolute atomic E-state index is 0.203. The quantitative estimate of drug-likeness (QED) is 0.859. The van der Waals surface area contributed by atoms with Gasteiger partial charge in [0, 0.05) is 17.7 Å². The number of methoxy groups -OCH3 is 2. The van der Waals surface area contributed by atoms with E-state index < -0.39 is 5.60 Å². The molecule has 1 saturated carbocycles. The maximum absolute atomic E-state index is 10.8. The van der Waals surface area contributed by atoms with E-state index in [2.05, 4.69) is 0 Å². The van der Waals surface area contributed by atoms with Crippen LogP contribution in [0.3, 0.4) is 0 Å². The summed E-state index contributed by atoms with van der Waals surface area (Å²) in [5, 5.41) is 10.8. The molecule has 0 aliphatic heterocycles. The van der Waals surface area contributed by atoms with Crippen LogP contribution in [0.5, 0.6) is 11.5 Å². The third-order valence-electron chi connectivity index (χ3n) is 3.77. The van der Waals surface area contributed by atoms with Gasteiger partial charge in [-0.05, 0) is 37.8 Å². The number of hydrogen-bond donors (Lipinski definition) is 2. The van der Waals surface area contributed by atoms with Crippen molar-refractivity contribution in [1.82, 2.24) is 0 Å². The van der Waals surface area contributed by atoms with Crippen molar-refractivity contribution in [1.29, 1.82) is 0 Å². The number of rotatable bonds is 3. The molecule has 1 aliphatic rings. The highest BCUT2D eigenvalue weighted by Crippen LogP contribution is 2.41. The molecule has 4 heteroatoms. The molecule has 0 saturated heterocycles. The fourth-order valence-electron chi connectivity index (χ4n) is 2.57. The molecule has 0 heterocycles. The molecule has 1 aromatic rings. The fraction of sp³-hybridized carbons (Fsp3) is 0.571. The smallest absolute Gasteiger partial charge is 0.128 e. The molecule has 1 fully saturated rings. The normalized spacial score (nSPS) is 27.9. The Hall–Kier alpha value is -1.26. The van der Waals surface area contributed by atoms with Gasteiger partial charge in [-0.1, -0.05) is 0 Å². The Morgan fingerprint density at radius 3 is 2.44 bits per heavy atom. The summed E-state index contributed by atoms with van der Waals surface area (Å²) in [4.78, 5) is 0. The molecule has 0 spiro atoms. The molecule has 2 rings (SSSR count). The van der Waals surface area contributed by atoms with Crippen LogP contribution in [-0.2, 0) is 5.60 Å². The zero-order valence-electron chi connectivity index (χ0n) is 11.0. The van der Waals surface area contributed by atoms with Crippen LogP contribution in [0.2, 0.25) is 0 Å². The third-order valence-corrected chi connectivity index (χ3v) is 3.77. The lowest BCUT2D eigenvalue weighted by Gasteiger charge is -2.36. The van der Waals surface area contributed by atoms with E-state index in [1.165, 1.54) is 0 Å². The van der Waals surface area contributed by atoms with E-state index in [1.54, 1.807) is 14.2 Å². The van der Waals surface area contributed by atoms with Crippen molar-refractivity contribution in [2.75, 3.05) is 14.2 Å². The van der Waals surface area contributed by atoms with E-state index in [1.807, 2.05) is 18.2 Å². The first-order chi connectivity index (χ1) is 8.59. The van der Waals surface area contributed by atoms with Crippen molar-refractivity contribution in [3.05, 3.63) is 23.8 Å². The van der Waals surface area contributed by atoms with Crippen molar-refractivity contribution in [2.45, 2.75) is 37.3 Å². The van der Waals surface area contributed by atoms with Crippen LogP contribution in [-0.4, -0.2) is 25.4 Å². The summed E-state index contributed by atoms with van der Waals surface area (Å²) in [7, 11) is 3.22. The van der Waals surface area contributed by atoms with E-state index in [4.69, 9.17) is 15.2 Å². The first-order valence-electron chi connectivity index (χ1n) is 6.29. The number of benzene rings is 1. The van der Waals surface area contributed by atoms with E-state index in [9.17, 15) is 5.11 Å². The molecule has 0 unspecified atom stereocenters. The minimum atomic E-state index is -0.826. The molecule has 3 N–H and O–H groups in total. The van der Waals surface area contributed by atoms with Gasteiger partial charge in [0.05, 0.1) is 19.8 Å². The lowest BCUT2D eigenvalue weighted by atomic mass is 9.77. The zero-order valence-corrected chi connectivity index (χ0v) is 11.0. The van der Waals surface area contributed by atoms with Gasteiger partial charge < -0.3 is 20.3 Å². The predicted octanol–water partition coefficient (Wildman–Crippen LogP) is 1.79. The van der Waals surface area contributed by atoms with Crippen LogP contribution < -0.4 is 15.2 Å². The number of hydrogen-bond acceptors (Lipinski definition) is 4. The average Bonchev–Trinajstić information content (AvgIpc) is 2.41. The van der Waals surface area contributed by atoms with Gasteiger partial charge in [-0.25, -0.2) is 0 Å². The molecule has 18 heavy (non-hydrogen) atoms. The number of nitrogens with two attached hydrogens (primary N) is 1. The van der Waals surface area contributed by atoms with Crippen molar-refractivity contribution in [3.8, 4) is 11.5 Å². The first kappa shape index (κ1) is 13.2. The SMILES string of the molecule is COc1ccc(C2(O)CCC(N)CC2)c(OC)c1. The highest BCUT2D eigenvalue weighted by atomic mass is 16.5. The molecule has 4 nitrogen and oxygen atoms in total. The van der Waals surface area contributed by atoms with Crippen LogP contribution in [0.15, 0.2) is 18.2 Å². The lowest BCUT2D eigenvalue weighted by Crippen LogP contribution is -2.37. The summed E-state index contributed by atoms with van der Waals surface area (Å²) in [5.41, 5.74) is 5.89. The minimum Gasteiger partial charge on any atom is -0.497 e. The molecule has 0 amide bonds. The Morgan fingerprint density at radius 2 is 1.89 bits per heavy atom. The Labute approximate surface area is 108 Å². The average molecular weight is 251 g/mol. The van der Waals surface area contributed by atoms with Gasteiger partial charge in [-0.2, -0.15) is 0 Å². The summed E-state index contributed by atoms with van der Waals surface area (Å²) in [6.45, 7) is 0. The van der Waals surface area contributed by atoms with E-state index >= 15 is 0 Å². The number of aliphatic hydroxyl groups is 1. The Morgan fingerprint density at radius 1 is 1.22 bits per heavy atom. The van der Waals surface area contributed by atoms with Gasteiger partial charge in [0.25, 0.3) is 0 Å². The molecular weight excluding hydrogens is 230 g/mol. The molecule has 0 atom stereocenters. The van der Waals surface area contributed by atoms with E-state index in [0.29, 0.717) is 18.6 Å². The van der Waals surface area contributed by atoms with Crippen molar-refractivity contribution in [2.24, 2.45) is 5.73 Å². The summed E-state index contributed by atoms with van der Waals surface area (Å²) in [6.07, 6.45) is 3.03. The second kappa shape index (κ2) is 5.16. The maximum Gasteiger partial charge on any atom is 0.128 e. The van der Waals surface area contributed by atoms with Crippen LogP contribution >= 0.6 is 0 Å². The first-order valence-corrected chi connectivity index (χ1v) is 6.29. The van der Waals surface area contributed by atoms with Gasteiger partial charge in [-0.15, -0.1) is 0 Å². The molecule has 100 valence electrons. The largest absolute Gasteiger partial charge is 0.497 e. The van der Waals surface area contributed by atoms with Crippen LogP contribution in [0.1, 0.15) is 31.2 Å². The molecule has 0 bridgehead atoms. The molecular formula is C14H21NO3. The summed E-state index contributed by atoms with van der Waals surface area (Å²) < 4.78 is 10.5. The lowest BCUT2D eigenvalue weighted by molar-refractivity contribution is -0.00688. The van der Waals surface area contributed by atoms with Gasteiger partial charge in [0.2, 0.25) is 0 Å². The van der Waals surface area contributed by atoms with E-state index in [0.717, 1.165) is 24.2 Å². The van der Waals surface area contributed by atoms with Crippen LogP contribution in [0.4, 0.5) is 0 Å². The number of ether oxygens (including phenoxy) is 2. The summed E-state index contributed by atoms with van der Waals surface area (Å²) in [6, 6.07) is 5.75.